The predicted molar refractivity (Wildman–Crippen MR) is 150 cm³/mol. The van der Waals surface area contributed by atoms with Crippen LogP contribution >= 0.6 is 0 Å². The zero-order valence-electron chi connectivity index (χ0n) is 24.3. The molecular formula is C30H42O8Si. The van der Waals surface area contributed by atoms with E-state index in [1.54, 1.807) is 31.4 Å². The molecule has 4 atom stereocenters. The van der Waals surface area contributed by atoms with Gasteiger partial charge in [-0.25, -0.2) is 4.79 Å². The van der Waals surface area contributed by atoms with Crippen LogP contribution in [0, 0.1) is 5.41 Å². The van der Waals surface area contributed by atoms with Gasteiger partial charge < -0.3 is 28.1 Å². The minimum Gasteiger partial charge on any atom is -0.497 e. The second kappa shape index (κ2) is 12.6. The van der Waals surface area contributed by atoms with E-state index in [-0.39, 0.29) is 18.3 Å². The Morgan fingerprint density at radius 3 is 2.23 bits per heavy atom. The minimum atomic E-state index is -2.33. The maximum Gasteiger partial charge on any atom is 0.338 e. The minimum absolute atomic E-state index is 0.0626. The van der Waals surface area contributed by atoms with Gasteiger partial charge in [-0.2, -0.15) is 0 Å². The van der Waals surface area contributed by atoms with Gasteiger partial charge in [0.05, 0.1) is 37.4 Å². The average Bonchev–Trinajstić information content (AvgIpc) is 3.12. The van der Waals surface area contributed by atoms with Crippen LogP contribution in [-0.4, -0.2) is 59.1 Å². The van der Waals surface area contributed by atoms with Gasteiger partial charge in [-0.05, 0) is 54.9 Å². The predicted octanol–water partition coefficient (Wildman–Crippen LogP) is 5.75. The van der Waals surface area contributed by atoms with Crippen molar-refractivity contribution in [1.29, 1.82) is 0 Å². The summed E-state index contributed by atoms with van der Waals surface area (Å²) in [5, 5.41) is -0.0946. The van der Waals surface area contributed by atoms with E-state index >= 15 is 0 Å². The Morgan fingerprint density at radius 1 is 1.03 bits per heavy atom. The van der Waals surface area contributed by atoms with Crippen LogP contribution in [0.15, 0.2) is 54.6 Å². The summed E-state index contributed by atoms with van der Waals surface area (Å²) in [5.41, 5.74) is 0.441. The molecule has 0 amide bonds. The zero-order valence-corrected chi connectivity index (χ0v) is 25.3. The highest BCUT2D eigenvalue weighted by Crippen LogP contribution is 2.47. The lowest BCUT2D eigenvalue weighted by Crippen LogP contribution is -2.53. The van der Waals surface area contributed by atoms with Crippen molar-refractivity contribution < 1.29 is 37.7 Å². The zero-order chi connectivity index (χ0) is 28.8. The van der Waals surface area contributed by atoms with Crippen LogP contribution in [0.1, 0.15) is 50.5 Å². The first-order chi connectivity index (χ1) is 18.3. The summed E-state index contributed by atoms with van der Waals surface area (Å²) < 4.78 is 35.9. The number of carbonyl (C=O) groups excluding carboxylic acids is 2. The topological polar surface area (TPSA) is 89.5 Å². The van der Waals surface area contributed by atoms with Gasteiger partial charge in [0, 0.05) is 6.92 Å². The van der Waals surface area contributed by atoms with Crippen molar-refractivity contribution in [2.45, 2.75) is 77.9 Å². The summed E-state index contributed by atoms with van der Waals surface area (Å²) in [7, 11) is -0.710. The van der Waals surface area contributed by atoms with Crippen molar-refractivity contribution in [3.63, 3.8) is 0 Å². The van der Waals surface area contributed by atoms with Crippen LogP contribution in [0.5, 0.6) is 5.75 Å². The summed E-state index contributed by atoms with van der Waals surface area (Å²) in [6, 6.07) is 16.4. The number of carbonyl (C=O) groups is 2. The molecule has 0 aromatic heterocycles. The average molecular weight is 559 g/mol. The first-order valence-corrected chi connectivity index (χ1v) is 16.1. The van der Waals surface area contributed by atoms with Gasteiger partial charge >= 0.3 is 11.9 Å². The third kappa shape index (κ3) is 7.69. The van der Waals surface area contributed by atoms with Crippen molar-refractivity contribution in [3.05, 3.63) is 65.7 Å². The van der Waals surface area contributed by atoms with Gasteiger partial charge in [0.2, 0.25) is 6.29 Å². The molecule has 9 heteroatoms. The molecule has 2 aromatic rings. The van der Waals surface area contributed by atoms with Crippen LogP contribution in [0.4, 0.5) is 0 Å². The Kier molecular flexibility index (Phi) is 9.98. The quantitative estimate of drug-likeness (QED) is 0.254. The number of rotatable bonds is 11. The van der Waals surface area contributed by atoms with E-state index in [1.165, 1.54) is 6.92 Å². The van der Waals surface area contributed by atoms with Crippen molar-refractivity contribution >= 4 is 20.3 Å². The van der Waals surface area contributed by atoms with Gasteiger partial charge in [0.1, 0.15) is 18.5 Å². The van der Waals surface area contributed by atoms with Crippen molar-refractivity contribution in [1.82, 2.24) is 0 Å². The van der Waals surface area contributed by atoms with Crippen LogP contribution in [0.3, 0.4) is 0 Å². The molecule has 0 radical (unpaired) electrons. The molecule has 0 bridgehead atoms. The largest absolute Gasteiger partial charge is 0.497 e. The SMILES string of the molecule is COc1ccc(COC[C@H]2OC(OC(C)=O)[C@](C)(COC(=O)c3ccccc3)[C@@H]2O[Si](C)(C)C(C)(C)C)cc1. The van der Waals surface area contributed by atoms with Gasteiger partial charge in [-0.15, -0.1) is 0 Å². The van der Waals surface area contributed by atoms with Gasteiger partial charge in [0.15, 0.2) is 8.32 Å². The Hall–Kier alpha value is -2.72. The van der Waals surface area contributed by atoms with E-state index in [2.05, 4.69) is 33.9 Å². The molecule has 39 heavy (non-hydrogen) atoms. The summed E-state index contributed by atoms with van der Waals surface area (Å²) >= 11 is 0. The normalized spacial score (nSPS) is 23.3. The second-order valence-electron chi connectivity index (χ2n) is 11.7. The van der Waals surface area contributed by atoms with Crippen LogP contribution < -0.4 is 4.74 Å². The van der Waals surface area contributed by atoms with Crippen molar-refractivity contribution in [2.75, 3.05) is 20.3 Å². The second-order valence-corrected chi connectivity index (χ2v) is 16.5. The number of ether oxygens (including phenoxy) is 5. The molecule has 1 aliphatic heterocycles. The van der Waals surface area contributed by atoms with E-state index in [1.807, 2.05) is 37.3 Å². The summed E-state index contributed by atoms with van der Waals surface area (Å²) in [6.45, 7) is 14.5. The molecule has 1 fully saturated rings. The highest BCUT2D eigenvalue weighted by molar-refractivity contribution is 6.74. The molecular weight excluding hydrogens is 516 g/mol. The van der Waals surface area contributed by atoms with E-state index in [9.17, 15) is 9.59 Å². The number of hydrogen-bond donors (Lipinski definition) is 0. The Labute approximate surface area is 233 Å². The Balaban J connectivity index is 1.85. The molecule has 8 nitrogen and oxygen atoms in total. The number of esters is 2. The van der Waals surface area contributed by atoms with Gasteiger partial charge in [0.25, 0.3) is 0 Å². The molecule has 3 rings (SSSR count). The third-order valence-corrected chi connectivity index (χ3v) is 12.0. The van der Waals surface area contributed by atoms with Crippen LogP contribution in [0.25, 0.3) is 0 Å². The number of hydrogen-bond acceptors (Lipinski definition) is 8. The molecule has 2 aromatic carbocycles. The fourth-order valence-corrected chi connectivity index (χ4v) is 5.54. The first kappa shape index (κ1) is 30.8. The summed E-state index contributed by atoms with van der Waals surface area (Å²) in [5.74, 6) is -0.194. The molecule has 1 unspecified atom stereocenters. The van der Waals surface area contributed by atoms with Crippen LogP contribution in [0.2, 0.25) is 18.1 Å². The summed E-state index contributed by atoms with van der Waals surface area (Å²) in [6.07, 6.45) is -2.09. The monoisotopic (exact) mass is 558 g/mol. The molecule has 0 N–H and O–H groups in total. The van der Waals surface area contributed by atoms with E-state index in [0.29, 0.717) is 12.2 Å². The fourth-order valence-electron chi connectivity index (χ4n) is 4.13. The van der Waals surface area contributed by atoms with Crippen LogP contribution in [-0.2, 0) is 34.8 Å². The third-order valence-electron chi connectivity index (χ3n) is 7.56. The summed E-state index contributed by atoms with van der Waals surface area (Å²) in [4.78, 5) is 24.9. The Morgan fingerprint density at radius 2 is 1.67 bits per heavy atom. The molecule has 214 valence electrons. The van der Waals surface area contributed by atoms with E-state index < -0.39 is 44.2 Å². The molecule has 1 aliphatic rings. The first-order valence-electron chi connectivity index (χ1n) is 13.2. The van der Waals surface area contributed by atoms with Crippen molar-refractivity contribution in [3.8, 4) is 5.75 Å². The van der Waals surface area contributed by atoms with Crippen molar-refractivity contribution in [2.24, 2.45) is 5.41 Å². The Bertz CT molecular complexity index is 1100. The van der Waals surface area contributed by atoms with E-state index in [4.69, 9.17) is 28.1 Å². The lowest BCUT2D eigenvalue weighted by molar-refractivity contribution is -0.195. The lowest BCUT2D eigenvalue weighted by atomic mass is 9.84. The fraction of sp³-hybridized carbons (Fsp3) is 0.533. The maximum absolute atomic E-state index is 12.8. The molecule has 0 spiro atoms. The number of benzene rings is 2. The number of methoxy groups -OCH3 is 1. The smallest absolute Gasteiger partial charge is 0.338 e. The highest BCUT2D eigenvalue weighted by atomic mass is 28.4. The molecule has 0 saturated carbocycles. The van der Waals surface area contributed by atoms with Gasteiger partial charge in [-0.3, -0.25) is 4.79 Å². The maximum atomic E-state index is 12.8. The van der Waals surface area contributed by atoms with E-state index in [0.717, 1.165) is 11.3 Å². The molecule has 1 saturated heterocycles. The standard InChI is InChI=1S/C30H42O8Si/c1-21(31)36-28-30(5,20-35-27(32)23-12-10-9-11-13-23)26(38-39(7,8)29(2,3)4)25(37-28)19-34-18-22-14-16-24(33-6)17-15-22/h9-17,25-26,28H,18-20H2,1-8H3/t25-,26-,28?,30-/m1/s1. The molecule has 0 aliphatic carbocycles. The highest BCUT2D eigenvalue weighted by Gasteiger charge is 2.59. The lowest BCUT2D eigenvalue weighted by Gasteiger charge is -2.43. The van der Waals surface area contributed by atoms with Gasteiger partial charge in [-0.1, -0.05) is 51.1 Å². The molecule has 1 heterocycles.